The van der Waals surface area contributed by atoms with Crippen molar-refractivity contribution in [2.45, 2.75) is 64.8 Å². The van der Waals surface area contributed by atoms with Crippen LogP contribution in [0.15, 0.2) is 24.3 Å². The lowest BCUT2D eigenvalue weighted by molar-refractivity contribution is -0.124. The minimum Gasteiger partial charge on any atom is -0.375 e. The van der Waals surface area contributed by atoms with Crippen molar-refractivity contribution in [3.05, 3.63) is 30.1 Å². The number of aromatic nitrogens is 2. The largest absolute Gasteiger partial charge is 0.375 e. The van der Waals surface area contributed by atoms with Gasteiger partial charge in [-0.15, -0.1) is 0 Å². The molecule has 0 saturated heterocycles. The smallest absolute Gasteiger partial charge is 0.245 e. The number of carbonyl (C=O) groups excluding carboxylic acids is 1. The number of unbranched alkanes of at least 4 members (excludes halogenated alkanes) is 5. The van der Waals surface area contributed by atoms with Crippen LogP contribution in [0.3, 0.4) is 0 Å². The Labute approximate surface area is 157 Å². The monoisotopic (exact) mass is 359 g/mol. The first-order valence-corrected chi connectivity index (χ1v) is 9.96. The Kier molecular flexibility index (Phi) is 9.18. The average Bonchev–Trinajstić information content (AvgIpc) is 2.99. The molecular formula is C21H33N3O2. The standard InChI is InChI=1S/C21H33N3O2/c1-3-4-5-6-7-10-16-24-19-13-9-8-12-18(19)23-20(24)14-11-15-22-21(25)17-26-2/h8-9,12-13H,3-7,10-11,14-17H2,1-2H3,(H,22,25). The molecular weight excluding hydrogens is 326 g/mol. The number of rotatable bonds is 13. The molecule has 0 aliphatic carbocycles. The predicted molar refractivity (Wildman–Crippen MR) is 106 cm³/mol. The van der Waals surface area contributed by atoms with E-state index in [-0.39, 0.29) is 12.5 Å². The van der Waals surface area contributed by atoms with Crippen LogP contribution in [0.5, 0.6) is 0 Å². The highest BCUT2D eigenvalue weighted by Gasteiger charge is 2.10. The fourth-order valence-corrected chi connectivity index (χ4v) is 3.27. The van der Waals surface area contributed by atoms with E-state index in [1.807, 2.05) is 6.07 Å². The summed E-state index contributed by atoms with van der Waals surface area (Å²) in [5, 5.41) is 2.88. The van der Waals surface area contributed by atoms with E-state index in [0.29, 0.717) is 6.54 Å². The van der Waals surface area contributed by atoms with Gasteiger partial charge in [0.1, 0.15) is 12.4 Å². The van der Waals surface area contributed by atoms with Crippen LogP contribution in [0.4, 0.5) is 0 Å². The van der Waals surface area contributed by atoms with Crippen molar-refractivity contribution in [2.75, 3.05) is 20.3 Å². The van der Waals surface area contributed by atoms with Gasteiger partial charge in [-0.1, -0.05) is 51.2 Å². The highest BCUT2D eigenvalue weighted by molar-refractivity contribution is 5.77. The van der Waals surface area contributed by atoms with E-state index in [1.54, 1.807) is 0 Å². The molecule has 1 heterocycles. The molecule has 2 aromatic rings. The highest BCUT2D eigenvalue weighted by atomic mass is 16.5. The number of nitrogens with zero attached hydrogens (tertiary/aromatic N) is 2. The lowest BCUT2D eigenvalue weighted by Crippen LogP contribution is -2.28. The number of imidazole rings is 1. The van der Waals surface area contributed by atoms with Crippen LogP contribution in [0.2, 0.25) is 0 Å². The van der Waals surface area contributed by atoms with Gasteiger partial charge in [-0.2, -0.15) is 0 Å². The average molecular weight is 360 g/mol. The molecule has 0 aliphatic rings. The molecule has 0 bridgehead atoms. The number of nitrogens with one attached hydrogen (secondary N) is 1. The van der Waals surface area contributed by atoms with Gasteiger partial charge in [-0.05, 0) is 25.0 Å². The van der Waals surface area contributed by atoms with Gasteiger partial charge in [0.25, 0.3) is 0 Å². The molecule has 5 nitrogen and oxygen atoms in total. The minimum atomic E-state index is -0.0620. The predicted octanol–water partition coefficient (Wildman–Crippen LogP) is 4.09. The zero-order valence-corrected chi connectivity index (χ0v) is 16.3. The second-order valence-electron chi connectivity index (χ2n) is 6.82. The summed E-state index contributed by atoms with van der Waals surface area (Å²) in [4.78, 5) is 16.3. The molecule has 1 amide bonds. The quantitative estimate of drug-likeness (QED) is 0.548. The summed E-state index contributed by atoms with van der Waals surface area (Å²) < 4.78 is 7.20. The molecule has 0 saturated carbocycles. The second kappa shape index (κ2) is 11.7. The molecule has 1 aromatic heterocycles. The van der Waals surface area contributed by atoms with Crippen LogP contribution >= 0.6 is 0 Å². The van der Waals surface area contributed by atoms with E-state index in [4.69, 9.17) is 9.72 Å². The van der Waals surface area contributed by atoms with Crippen molar-refractivity contribution < 1.29 is 9.53 Å². The van der Waals surface area contributed by atoms with Gasteiger partial charge < -0.3 is 14.6 Å². The fourth-order valence-electron chi connectivity index (χ4n) is 3.27. The molecule has 0 spiro atoms. The number of hydrogen-bond acceptors (Lipinski definition) is 3. The van der Waals surface area contributed by atoms with Gasteiger partial charge in [0.05, 0.1) is 11.0 Å². The van der Waals surface area contributed by atoms with Crippen molar-refractivity contribution in [3.63, 3.8) is 0 Å². The van der Waals surface area contributed by atoms with E-state index >= 15 is 0 Å². The highest BCUT2D eigenvalue weighted by Crippen LogP contribution is 2.18. The third kappa shape index (κ3) is 6.45. The van der Waals surface area contributed by atoms with Crippen molar-refractivity contribution >= 4 is 16.9 Å². The van der Waals surface area contributed by atoms with E-state index < -0.39 is 0 Å². The van der Waals surface area contributed by atoms with Gasteiger partial charge in [0, 0.05) is 26.6 Å². The zero-order valence-electron chi connectivity index (χ0n) is 16.3. The third-order valence-electron chi connectivity index (χ3n) is 4.64. The van der Waals surface area contributed by atoms with Gasteiger partial charge in [0.15, 0.2) is 0 Å². The number of benzene rings is 1. The summed E-state index contributed by atoms with van der Waals surface area (Å²) in [7, 11) is 1.53. The van der Waals surface area contributed by atoms with Crippen LogP contribution in [-0.4, -0.2) is 35.7 Å². The Bertz CT molecular complexity index is 666. The van der Waals surface area contributed by atoms with Crippen molar-refractivity contribution in [3.8, 4) is 0 Å². The van der Waals surface area contributed by atoms with E-state index in [1.165, 1.54) is 51.2 Å². The normalized spacial score (nSPS) is 11.2. The summed E-state index contributed by atoms with van der Waals surface area (Å²) in [6, 6.07) is 8.36. The Hall–Kier alpha value is -1.88. The molecule has 144 valence electrons. The van der Waals surface area contributed by atoms with Crippen molar-refractivity contribution in [1.82, 2.24) is 14.9 Å². The summed E-state index contributed by atoms with van der Waals surface area (Å²) in [5.41, 5.74) is 2.29. The number of amides is 1. The summed E-state index contributed by atoms with van der Waals surface area (Å²) in [6.07, 6.45) is 9.52. The lowest BCUT2D eigenvalue weighted by Gasteiger charge is -2.10. The Balaban J connectivity index is 1.89. The number of aryl methyl sites for hydroxylation is 2. The van der Waals surface area contributed by atoms with Gasteiger partial charge in [0.2, 0.25) is 5.91 Å². The molecule has 1 aromatic carbocycles. The van der Waals surface area contributed by atoms with Crippen LogP contribution < -0.4 is 5.32 Å². The maximum absolute atomic E-state index is 11.5. The number of para-hydroxylation sites is 2. The number of hydrogen-bond donors (Lipinski definition) is 1. The molecule has 0 radical (unpaired) electrons. The Morgan fingerprint density at radius 1 is 1.12 bits per heavy atom. The van der Waals surface area contributed by atoms with Gasteiger partial charge in [-0.25, -0.2) is 4.98 Å². The summed E-state index contributed by atoms with van der Waals surface area (Å²) in [6.45, 7) is 4.05. The van der Waals surface area contributed by atoms with E-state index in [2.05, 4.69) is 35.0 Å². The molecule has 0 fully saturated rings. The maximum Gasteiger partial charge on any atom is 0.245 e. The second-order valence-corrected chi connectivity index (χ2v) is 6.82. The molecule has 0 unspecified atom stereocenters. The molecule has 2 rings (SSSR count). The minimum absolute atomic E-state index is 0.0620. The van der Waals surface area contributed by atoms with E-state index in [9.17, 15) is 4.79 Å². The first-order chi connectivity index (χ1) is 12.8. The van der Waals surface area contributed by atoms with Gasteiger partial charge >= 0.3 is 0 Å². The summed E-state index contributed by atoms with van der Waals surface area (Å²) in [5.74, 6) is 1.06. The number of carbonyl (C=O) groups is 1. The zero-order chi connectivity index (χ0) is 18.6. The van der Waals surface area contributed by atoms with Crippen LogP contribution in [0, 0.1) is 0 Å². The first kappa shape index (κ1) is 20.4. The molecule has 0 aliphatic heterocycles. The van der Waals surface area contributed by atoms with Gasteiger partial charge in [-0.3, -0.25) is 4.79 Å². The Morgan fingerprint density at radius 3 is 2.69 bits per heavy atom. The van der Waals surface area contributed by atoms with Crippen LogP contribution in [0.25, 0.3) is 11.0 Å². The molecule has 0 atom stereocenters. The summed E-state index contributed by atoms with van der Waals surface area (Å²) >= 11 is 0. The number of fused-ring (bicyclic) bond motifs is 1. The number of ether oxygens (including phenoxy) is 1. The Morgan fingerprint density at radius 2 is 1.88 bits per heavy atom. The van der Waals surface area contributed by atoms with Crippen molar-refractivity contribution in [2.24, 2.45) is 0 Å². The maximum atomic E-state index is 11.5. The lowest BCUT2D eigenvalue weighted by atomic mass is 10.1. The van der Waals surface area contributed by atoms with Crippen LogP contribution in [0.1, 0.15) is 57.7 Å². The topological polar surface area (TPSA) is 56.2 Å². The first-order valence-electron chi connectivity index (χ1n) is 9.96. The molecule has 5 heteroatoms. The molecule has 1 N–H and O–H groups in total. The van der Waals surface area contributed by atoms with Crippen LogP contribution in [-0.2, 0) is 22.5 Å². The molecule has 26 heavy (non-hydrogen) atoms. The van der Waals surface area contributed by atoms with Crippen molar-refractivity contribution in [1.29, 1.82) is 0 Å². The van der Waals surface area contributed by atoms with E-state index in [0.717, 1.165) is 30.7 Å². The number of methoxy groups -OCH3 is 1. The SMILES string of the molecule is CCCCCCCCn1c(CCCNC(=O)COC)nc2ccccc21. The fraction of sp³-hybridized carbons (Fsp3) is 0.619. The third-order valence-corrected chi connectivity index (χ3v) is 4.64.